The zero-order valence-corrected chi connectivity index (χ0v) is 10.1. The lowest BCUT2D eigenvalue weighted by Gasteiger charge is -2.21. The van der Waals surface area contributed by atoms with Crippen LogP contribution in [-0.2, 0) is 4.74 Å². The number of hydrogen-bond acceptors (Lipinski definition) is 3. The topological polar surface area (TPSA) is 21.3 Å². The van der Waals surface area contributed by atoms with Crippen molar-refractivity contribution in [1.29, 1.82) is 0 Å². The van der Waals surface area contributed by atoms with Gasteiger partial charge in [-0.1, -0.05) is 13.3 Å². The van der Waals surface area contributed by atoms with E-state index in [0.717, 1.165) is 18.5 Å². The molecule has 14 heavy (non-hydrogen) atoms. The van der Waals surface area contributed by atoms with Gasteiger partial charge in [0.15, 0.2) is 0 Å². The van der Waals surface area contributed by atoms with E-state index in [9.17, 15) is 0 Å². The third-order valence-corrected chi connectivity index (χ3v) is 3.89. The van der Waals surface area contributed by atoms with Crippen molar-refractivity contribution in [1.82, 2.24) is 5.32 Å². The van der Waals surface area contributed by atoms with Crippen LogP contribution in [0.25, 0.3) is 0 Å². The van der Waals surface area contributed by atoms with E-state index in [0.29, 0.717) is 0 Å². The summed E-state index contributed by atoms with van der Waals surface area (Å²) in [6.07, 6.45) is 5.10. The van der Waals surface area contributed by atoms with Gasteiger partial charge in [0.2, 0.25) is 0 Å². The summed E-state index contributed by atoms with van der Waals surface area (Å²) in [4.78, 5) is 0. The molecule has 1 heterocycles. The smallest absolute Gasteiger partial charge is 0.0476 e. The second-order valence-electron chi connectivity index (χ2n) is 3.79. The van der Waals surface area contributed by atoms with Gasteiger partial charge in [0.1, 0.15) is 0 Å². The fraction of sp³-hybridized carbons (Fsp3) is 1.00. The Bertz CT molecular complexity index is 126. The highest BCUT2D eigenvalue weighted by Crippen LogP contribution is 2.21. The Hall–Kier alpha value is 0.270. The molecule has 0 amide bonds. The maximum absolute atomic E-state index is 5.33. The first-order valence-corrected chi connectivity index (χ1v) is 6.88. The van der Waals surface area contributed by atoms with E-state index in [-0.39, 0.29) is 0 Å². The van der Waals surface area contributed by atoms with Crippen LogP contribution < -0.4 is 5.32 Å². The summed E-state index contributed by atoms with van der Waals surface area (Å²) in [5.41, 5.74) is 0. The minimum atomic E-state index is 0.858. The van der Waals surface area contributed by atoms with Crippen molar-refractivity contribution in [2.45, 2.75) is 37.9 Å². The summed E-state index contributed by atoms with van der Waals surface area (Å²) in [6, 6.07) is 0. The van der Waals surface area contributed by atoms with Crippen LogP contribution in [-0.4, -0.2) is 37.3 Å². The minimum absolute atomic E-state index is 0.858. The molecule has 3 heteroatoms. The Balaban J connectivity index is 1.82. The third kappa shape index (κ3) is 5.89. The van der Waals surface area contributed by atoms with Crippen molar-refractivity contribution >= 4 is 11.8 Å². The first-order valence-electron chi connectivity index (χ1n) is 5.83. The number of nitrogens with one attached hydrogen (secondary N) is 1. The van der Waals surface area contributed by atoms with Crippen LogP contribution in [0.3, 0.4) is 0 Å². The van der Waals surface area contributed by atoms with Gasteiger partial charge in [-0.15, -0.1) is 0 Å². The minimum Gasteiger partial charge on any atom is -0.381 e. The van der Waals surface area contributed by atoms with Crippen LogP contribution in [0.4, 0.5) is 0 Å². The molecule has 0 unspecified atom stereocenters. The molecular weight excluding hydrogens is 194 g/mol. The quantitative estimate of drug-likeness (QED) is 0.661. The number of rotatable bonds is 7. The van der Waals surface area contributed by atoms with Crippen LogP contribution in [0.1, 0.15) is 32.6 Å². The van der Waals surface area contributed by atoms with E-state index in [2.05, 4.69) is 24.0 Å². The average molecular weight is 217 g/mol. The molecule has 0 aromatic heterocycles. The monoisotopic (exact) mass is 217 g/mol. The molecule has 0 saturated carbocycles. The van der Waals surface area contributed by atoms with Gasteiger partial charge in [0.25, 0.3) is 0 Å². The van der Waals surface area contributed by atoms with Crippen LogP contribution in [0.5, 0.6) is 0 Å². The standard InChI is InChI=1S/C11H23NOS/c1-2-3-6-12-7-10-14-11-4-8-13-9-5-11/h11-12H,2-10H2,1H3. The lowest BCUT2D eigenvalue weighted by Crippen LogP contribution is -2.22. The lowest BCUT2D eigenvalue weighted by molar-refractivity contribution is 0.100. The molecule has 0 radical (unpaired) electrons. The van der Waals surface area contributed by atoms with Crippen molar-refractivity contribution in [2.75, 3.05) is 32.1 Å². The molecule has 1 saturated heterocycles. The molecule has 84 valence electrons. The fourth-order valence-corrected chi connectivity index (χ4v) is 2.69. The summed E-state index contributed by atoms with van der Waals surface area (Å²) in [6.45, 7) is 6.53. The normalized spacial score (nSPS) is 18.6. The maximum Gasteiger partial charge on any atom is 0.0476 e. The fourth-order valence-electron chi connectivity index (χ4n) is 1.57. The van der Waals surface area contributed by atoms with Gasteiger partial charge >= 0.3 is 0 Å². The highest BCUT2D eigenvalue weighted by molar-refractivity contribution is 7.99. The molecule has 1 aliphatic heterocycles. The van der Waals surface area contributed by atoms with Crippen molar-refractivity contribution in [3.05, 3.63) is 0 Å². The van der Waals surface area contributed by atoms with E-state index >= 15 is 0 Å². The Morgan fingerprint density at radius 3 is 2.79 bits per heavy atom. The van der Waals surface area contributed by atoms with Crippen LogP contribution in [0.2, 0.25) is 0 Å². The van der Waals surface area contributed by atoms with E-state index in [1.54, 1.807) is 0 Å². The zero-order valence-electron chi connectivity index (χ0n) is 9.26. The number of thioether (sulfide) groups is 1. The first-order chi connectivity index (χ1) is 6.93. The molecule has 1 fully saturated rings. The Morgan fingerprint density at radius 1 is 1.29 bits per heavy atom. The van der Waals surface area contributed by atoms with Crippen molar-refractivity contribution in [3.63, 3.8) is 0 Å². The highest BCUT2D eigenvalue weighted by Gasteiger charge is 2.12. The van der Waals surface area contributed by atoms with Gasteiger partial charge in [0.05, 0.1) is 0 Å². The molecule has 0 spiro atoms. The van der Waals surface area contributed by atoms with Gasteiger partial charge in [-0.2, -0.15) is 11.8 Å². The predicted molar refractivity (Wildman–Crippen MR) is 64.1 cm³/mol. The highest BCUT2D eigenvalue weighted by atomic mass is 32.2. The summed E-state index contributed by atoms with van der Waals surface area (Å²) in [7, 11) is 0. The third-order valence-electron chi connectivity index (χ3n) is 2.51. The van der Waals surface area contributed by atoms with Crippen LogP contribution >= 0.6 is 11.8 Å². The molecule has 0 aliphatic carbocycles. The molecule has 1 aliphatic rings. The Morgan fingerprint density at radius 2 is 2.07 bits per heavy atom. The molecule has 0 aromatic rings. The predicted octanol–water partition coefficient (Wildman–Crippen LogP) is 2.29. The molecule has 2 nitrogen and oxygen atoms in total. The zero-order chi connectivity index (χ0) is 10.1. The number of hydrogen-bond donors (Lipinski definition) is 1. The van der Waals surface area contributed by atoms with E-state index in [1.165, 1.54) is 44.5 Å². The number of unbranched alkanes of at least 4 members (excludes halogenated alkanes) is 1. The lowest BCUT2D eigenvalue weighted by atomic mass is 10.2. The summed E-state index contributed by atoms with van der Waals surface area (Å²) in [5.74, 6) is 1.26. The Kier molecular flexibility index (Phi) is 7.55. The van der Waals surface area contributed by atoms with Crippen LogP contribution in [0.15, 0.2) is 0 Å². The summed E-state index contributed by atoms with van der Waals surface area (Å²) >= 11 is 2.11. The first kappa shape index (κ1) is 12.3. The summed E-state index contributed by atoms with van der Waals surface area (Å²) in [5, 5.41) is 4.33. The van der Waals surface area contributed by atoms with Crippen molar-refractivity contribution < 1.29 is 4.74 Å². The van der Waals surface area contributed by atoms with Gasteiger partial charge in [0, 0.05) is 30.8 Å². The van der Waals surface area contributed by atoms with Gasteiger partial charge in [-0.05, 0) is 25.8 Å². The molecule has 1 rings (SSSR count). The molecular formula is C11H23NOS. The average Bonchev–Trinajstić information content (AvgIpc) is 2.25. The Labute approximate surface area is 92.2 Å². The molecule has 0 bridgehead atoms. The summed E-state index contributed by atoms with van der Waals surface area (Å²) < 4.78 is 5.33. The van der Waals surface area contributed by atoms with E-state index in [4.69, 9.17) is 4.74 Å². The second-order valence-corrected chi connectivity index (χ2v) is 5.19. The second kappa shape index (κ2) is 8.57. The van der Waals surface area contributed by atoms with Crippen LogP contribution in [0, 0.1) is 0 Å². The van der Waals surface area contributed by atoms with Gasteiger partial charge < -0.3 is 10.1 Å². The molecule has 1 N–H and O–H groups in total. The maximum atomic E-state index is 5.33. The molecule has 0 aromatic carbocycles. The van der Waals surface area contributed by atoms with Crippen molar-refractivity contribution in [3.8, 4) is 0 Å². The molecule has 0 atom stereocenters. The van der Waals surface area contributed by atoms with Gasteiger partial charge in [-0.25, -0.2) is 0 Å². The van der Waals surface area contributed by atoms with E-state index < -0.39 is 0 Å². The number of ether oxygens (including phenoxy) is 1. The van der Waals surface area contributed by atoms with E-state index in [1.807, 2.05) is 0 Å². The van der Waals surface area contributed by atoms with Crippen molar-refractivity contribution in [2.24, 2.45) is 0 Å². The SMILES string of the molecule is CCCCNCCSC1CCOCC1. The largest absolute Gasteiger partial charge is 0.381 e. The van der Waals surface area contributed by atoms with Gasteiger partial charge in [-0.3, -0.25) is 0 Å².